The highest BCUT2D eigenvalue weighted by Gasteiger charge is 2.21. The van der Waals surface area contributed by atoms with Crippen molar-refractivity contribution < 1.29 is 0 Å². The molecule has 0 unspecified atom stereocenters. The van der Waals surface area contributed by atoms with Gasteiger partial charge in [-0.1, -0.05) is 12.1 Å². The van der Waals surface area contributed by atoms with Crippen LogP contribution in [0, 0.1) is 0 Å². The van der Waals surface area contributed by atoms with Crippen molar-refractivity contribution in [1.82, 2.24) is 14.5 Å². The lowest BCUT2D eigenvalue weighted by Crippen LogP contribution is -2.38. The number of rotatable bonds is 4. The van der Waals surface area contributed by atoms with E-state index in [9.17, 15) is 0 Å². The second kappa shape index (κ2) is 6.41. The average molecular weight is 284 g/mol. The van der Waals surface area contributed by atoms with Crippen molar-refractivity contribution >= 4 is 0 Å². The molecule has 0 atom stereocenters. The predicted octanol–water partition coefficient (Wildman–Crippen LogP) is 2.57. The molecule has 0 spiro atoms. The molecule has 21 heavy (non-hydrogen) atoms. The summed E-state index contributed by atoms with van der Waals surface area (Å²) in [5.41, 5.74) is 8.50. The van der Waals surface area contributed by atoms with E-state index in [1.807, 2.05) is 17.1 Å². The van der Waals surface area contributed by atoms with Gasteiger partial charge in [-0.05, 0) is 50.4 Å². The molecule has 0 saturated heterocycles. The Kier molecular flexibility index (Phi) is 4.36. The van der Waals surface area contributed by atoms with E-state index in [4.69, 9.17) is 5.73 Å². The van der Waals surface area contributed by atoms with Gasteiger partial charge in [0.05, 0.1) is 6.33 Å². The van der Waals surface area contributed by atoms with Crippen LogP contribution in [0.5, 0.6) is 0 Å². The second-order valence-corrected chi connectivity index (χ2v) is 6.12. The topological polar surface area (TPSA) is 47.1 Å². The smallest absolute Gasteiger partial charge is 0.0991 e. The van der Waals surface area contributed by atoms with E-state index in [0.29, 0.717) is 12.1 Å². The fourth-order valence-corrected chi connectivity index (χ4v) is 3.14. The molecular weight excluding hydrogens is 260 g/mol. The summed E-state index contributed by atoms with van der Waals surface area (Å²) in [4.78, 5) is 6.55. The molecule has 1 fully saturated rings. The summed E-state index contributed by atoms with van der Waals surface area (Å²) in [6, 6.07) is 9.83. The van der Waals surface area contributed by atoms with Crippen molar-refractivity contribution in [3.05, 3.63) is 48.5 Å². The molecule has 4 nitrogen and oxygen atoms in total. The van der Waals surface area contributed by atoms with Gasteiger partial charge in [0.1, 0.15) is 0 Å². The molecule has 2 N–H and O–H groups in total. The van der Waals surface area contributed by atoms with Gasteiger partial charge in [-0.25, -0.2) is 4.98 Å². The summed E-state index contributed by atoms with van der Waals surface area (Å²) in [5.74, 6) is 0. The molecule has 0 radical (unpaired) electrons. The number of hydrogen-bond acceptors (Lipinski definition) is 3. The minimum Gasteiger partial charge on any atom is -0.328 e. The van der Waals surface area contributed by atoms with E-state index in [1.54, 1.807) is 6.20 Å². The molecular formula is C17H24N4. The fraction of sp³-hybridized carbons (Fsp3) is 0.471. The average Bonchev–Trinajstić information content (AvgIpc) is 3.03. The van der Waals surface area contributed by atoms with Gasteiger partial charge in [0.15, 0.2) is 0 Å². The third-order valence-electron chi connectivity index (χ3n) is 4.54. The monoisotopic (exact) mass is 284 g/mol. The van der Waals surface area contributed by atoms with Gasteiger partial charge in [0, 0.05) is 36.7 Å². The van der Waals surface area contributed by atoms with E-state index < -0.39 is 0 Å². The Morgan fingerprint density at radius 1 is 1.19 bits per heavy atom. The van der Waals surface area contributed by atoms with Crippen molar-refractivity contribution in [3.8, 4) is 5.69 Å². The van der Waals surface area contributed by atoms with E-state index in [1.165, 1.54) is 18.4 Å². The van der Waals surface area contributed by atoms with Crippen molar-refractivity contribution in [2.75, 3.05) is 7.05 Å². The minimum atomic E-state index is 0.420. The van der Waals surface area contributed by atoms with Crippen LogP contribution in [0.15, 0.2) is 43.0 Å². The molecule has 1 aliphatic carbocycles. The van der Waals surface area contributed by atoms with Gasteiger partial charge in [-0.15, -0.1) is 0 Å². The normalized spacial score (nSPS) is 22.6. The predicted molar refractivity (Wildman–Crippen MR) is 85.3 cm³/mol. The molecule has 1 aromatic heterocycles. The SMILES string of the molecule is CN(Cc1ccc(-n2ccnc2)cc1)C1CCC(N)CC1. The molecule has 2 aromatic rings. The van der Waals surface area contributed by atoms with Gasteiger partial charge in [-0.2, -0.15) is 0 Å². The number of imidazole rings is 1. The lowest BCUT2D eigenvalue weighted by Gasteiger charge is -2.33. The number of aromatic nitrogens is 2. The van der Waals surface area contributed by atoms with Gasteiger partial charge in [-0.3, -0.25) is 4.90 Å². The Labute approximate surface area is 126 Å². The number of hydrogen-bond donors (Lipinski definition) is 1. The zero-order valence-corrected chi connectivity index (χ0v) is 12.7. The van der Waals surface area contributed by atoms with Crippen molar-refractivity contribution in [3.63, 3.8) is 0 Å². The van der Waals surface area contributed by atoms with E-state index in [2.05, 4.69) is 41.2 Å². The highest BCUT2D eigenvalue weighted by Crippen LogP contribution is 2.22. The van der Waals surface area contributed by atoms with Crippen LogP contribution < -0.4 is 5.73 Å². The first-order valence-corrected chi connectivity index (χ1v) is 7.75. The minimum absolute atomic E-state index is 0.420. The summed E-state index contributed by atoms with van der Waals surface area (Å²) in [7, 11) is 2.23. The van der Waals surface area contributed by atoms with Gasteiger partial charge in [0.2, 0.25) is 0 Å². The summed E-state index contributed by atoms with van der Waals surface area (Å²) >= 11 is 0. The van der Waals surface area contributed by atoms with Gasteiger partial charge in [0.25, 0.3) is 0 Å². The number of nitrogens with zero attached hydrogens (tertiary/aromatic N) is 3. The summed E-state index contributed by atoms with van der Waals surface area (Å²) in [6.45, 7) is 1.00. The first-order chi connectivity index (χ1) is 10.2. The van der Waals surface area contributed by atoms with Crippen molar-refractivity contribution in [2.24, 2.45) is 5.73 Å². The van der Waals surface area contributed by atoms with Crippen LogP contribution in [0.3, 0.4) is 0 Å². The van der Waals surface area contributed by atoms with Crippen LogP contribution in [0.1, 0.15) is 31.2 Å². The molecule has 4 heteroatoms. The van der Waals surface area contributed by atoms with Gasteiger partial charge >= 0.3 is 0 Å². The summed E-state index contributed by atoms with van der Waals surface area (Å²) < 4.78 is 2.02. The standard InChI is InChI=1S/C17H24N4/c1-20(16-8-4-15(18)5-9-16)12-14-2-6-17(7-3-14)21-11-10-19-13-21/h2-3,6-7,10-11,13,15-16H,4-5,8-9,12,18H2,1H3. The summed E-state index contributed by atoms with van der Waals surface area (Å²) in [6.07, 6.45) is 10.4. The van der Waals surface area contributed by atoms with Crippen LogP contribution in [-0.2, 0) is 6.54 Å². The molecule has 112 valence electrons. The van der Waals surface area contributed by atoms with E-state index >= 15 is 0 Å². The highest BCUT2D eigenvalue weighted by atomic mass is 15.1. The van der Waals surface area contributed by atoms with Crippen LogP contribution in [0.4, 0.5) is 0 Å². The van der Waals surface area contributed by atoms with E-state index in [0.717, 1.165) is 25.1 Å². The molecule has 3 rings (SSSR count). The van der Waals surface area contributed by atoms with Crippen LogP contribution in [-0.4, -0.2) is 33.6 Å². The maximum atomic E-state index is 5.99. The van der Waals surface area contributed by atoms with Crippen LogP contribution >= 0.6 is 0 Å². The zero-order chi connectivity index (χ0) is 14.7. The Morgan fingerprint density at radius 2 is 1.90 bits per heavy atom. The van der Waals surface area contributed by atoms with E-state index in [-0.39, 0.29) is 0 Å². The molecule has 1 aliphatic rings. The van der Waals surface area contributed by atoms with Crippen molar-refractivity contribution in [1.29, 1.82) is 0 Å². The first kappa shape index (κ1) is 14.3. The Balaban J connectivity index is 1.60. The molecule has 1 aromatic carbocycles. The quantitative estimate of drug-likeness (QED) is 0.938. The highest BCUT2D eigenvalue weighted by molar-refractivity contribution is 5.34. The van der Waals surface area contributed by atoms with Gasteiger partial charge < -0.3 is 10.3 Å². The molecule has 0 bridgehead atoms. The molecule has 0 aliphatic heterocycles. The van der Waals surface area contributed by atoms with Crippen LogP contribution in [0.25, 0.3) is 5.69 Å². The fourth-order valence-electron chi connectivity index (χ4n) is 3.14. The third-order valence-corrected chi connectivity index (χ3v) is 4.54. The Morgan fingerprint density at radius 3 is 2.52 bits per heavy atom. The van der Waals surface area contributed by atoms with Crippen molar-refractivity contribution in [2.45, 2.75) is 44.3 Å². The molecule has 0 amide bonds. The molecule has 1 heterocycles. The molecule has 1 saturated carbocycles. The lowest BCUT2D eigenvalue weighted by molar-refractivity contribution is 0.176. The van der Waals surface area contributed by atoms with Crippen LogP contribution in [0.2, 0.25) is 0 Å². The summed E-state index contributed by atoms with van der Waals surface area (Å²) in [5, 5.41) is 0. The lowest BCUT2D eigenvalue weighted by atomic mass is 9.91. The first-order valence-electron chi connectivity index (χ1n) is 7.75. The maximum absolute atomic E-state index is 5.99. The zero-order valence-electron chi connectivity index (χ0n) is 12.7. The maximum Gasteiger partial charge on any atom is 0.0991 e. The number of benzene rings is 1. The largest absolute Gasteiger partial charge is 0.328 e. The number of nitrogens with two attached hydrogens (primary N) is 1. The Hall–Kier alpha value is -1.65. The second-order valence-electron chi connectivity index (χ2n) is 6.12. The third kappa shape index (κ3) is 3.52. The Bertz CT molecular complexity index is 539.